The maximum atomic E-state index is 5.24. The van der Waals surface area contributed by atoms with Crippen LogP contribution in [-0.4, -0.2) is 0 Å². The highest BCUT2D eigenvalue weighted by Crippen LogP contribution is 2.23. The van der Waals surface area contributed by atoms with Crippen LogP contribution in [0.5, 0.6) is 0 Å². The van der Waals surface area contributed by atoms with Gasteiger partial charge in [-0.05, 0) is 30.7 Å². The summed E-state index contributed by atoms with van der Waals surface area (Å²) in [4.78, 5) is 0. The van der Waals surface area contributed by atoms with Crippen molar-refractivity contribution < 1.29 is 4.42 Å². The summed E-state index contributed by atoms with van der Waals surface area (Å²) < 4.78 is 6.26. The summed E-state index contributed by atoms with van der Waals surface area (Å²) in [7, 11) is 0. The first-order chi connectivity index (χ1) is 5.27. The summed E-state index contributed by atoms with van der Waals surface area (Å²) in [5.41, 5.74) is 1.82. The molecule has 11 heavy (non-hydrogen) atoms. The van der Waals surface area contributed by atoms with Gasteiger partial charge in [-0.3, -0.25) is 0 Å². The van der Waals surface area contributed by atoms with Crippen molar-refractivity contribution in [3.05, 3.63) is 41.4 Å². The molecule has 0 saturated carbocycles. The Morgan fingerprint density at radius 2 is 2.18 bits per heavy atom. The molecule has 0 atom stereocenters. The predicted molar refractivity (Wildman–Crippen MR) is 48.4 cm³/mol. The van der Waals surface area contributed by atoms with Gasteiger partial charge in [0.05, 0.1) is 6.26 Å². The minimum Gasteiger partial charge on any atom is -0.464 e. The Kier molecular flexibility index (Phi) is 1.50. The summed E-state index contributed by atoms with van der Waals surface area (Å²) in [6.07, 6.45) is 1.66. The molecule has 1 nitrogen and oxygen atoms in total. The third kappa shape index (κ3) is 1.07. The van der Waals surface area contributed by atoms with Crippen molar-refractivity contribution >= 4 is 26.9 Å². The molecule has 0 aliphatic rings. The summed E-state index contributed by atoms with van der Waals surface area (Å²) in [6.45, 7) is 3.83. The van der Waals surface area contributed by atoms with E-state index in [1.54, 1.807) is 6.26 Å². The van der Waals surface area contributed by atoms with E-state index in [0.29, 0.717) is 0 Å². The molecule has 2 heteroatoms. The lowest BCUT2D eigenvalue weighted by atomic mass is 10.2. The zero-order valence-electron chi connectivity index (χ0n) is 5.80. The average molecular weight is 210 g/mol. The monoisotopic (exact) mass is 209 g/mol. The lowest BCUT2D eigenvalue weighted by Crippen LogP contribution is -1.67. The first-order valence-electron chi connectivity index (χ1n) is 3.26. The quantitative estimate of drug-likeness (QED) is 0.649. The maximum absolute atomic E-state index is 5.24. The molecule has 0 aliphatic heterocycles. The van der Waals surface area contributed by atoms with Crippen LogP contribution in [0.25, 0.3) is 11.0 Å². The molecule has 0 saturated heterocycles. The second-order valence-corrected chi connectivity index (χ2v) is 3.32. The van der Waals surface area contributed by atoms with Crippen molar-refractivity contribution in [2.45, 2.75) is 0 Å². The normalized spacial score (nSPS) is 10.7. The van der Waals surface area contributed by atoms with Crippen LogP contribution in [0.1, 0.15) is 5.56 Å². The van der Waals surface area contributed by atoms with Crippen LogP contribution in [0, 0.1) is 6.92 Å². The Hall–Kier alpha value is -0.760. The number of benzene rings is 1. The number of halogens is 1. The maximum Gasteiger partial charge on any atom is 0.135 e. The van der Waals surface area contributed by atoms with Gasteiger partial charge in [-0.2, -0.15) is 0 Å². The summed E-state index contributed by atoms with van der Waals surface area (Å²) in [6, 6.07) is 5.90. The molecule has 55 valence electrons. The van der Waals surface area contributed by atoms with Crippen molar-refractivity contribution in [1.29, 1.82) is 0 Å². The van der Waals surface area contributed by atoms with Gasteiger partial charge in [0.1, 0.15) is 5.58 Å². The molecule has 1 radical (unpaired) electrons. The van der Waals surface area contributed by atoms with Gasteiger partial charge in [-0.15, -0.1) is 0 Å². The summed E-state index contributed by atoms with van der Waals surface area (Å²) in [5.74, 6) is 0. The lowest BCUT2D eigenvalue weighted by molar-refractivity contribution is 0.614. The molecule has 0 N–H and O–H groups in total. The second kappa shape index (κ2) is 2.38. The van der Waals surface area contributed by atoms with Gasteiger partial charge in [0.25, 0.3) is 0 Å². The fraction of sp³-hybridized carbons (Fsp3) is 0. The Labute approximate surface area is 73.1 Å². The van der Waals surface area contributed by atoms with Gasteiger partial charge < -0.3 is 4.42 Å². The highest BCUT2D eigenvalue weighted by molar-refractivity contribution is 9.10. The minimum atomic E-state index is 0.879. The summed E-state index contributed by atoms with van der Waals surface area (Å²) in [5, 5.41) is 1.08. The van der Waals surface area contributed by atoms with E-state index in [1.807, 2.05) is 18.2 Å². The van der Waals surface area contributed by atoms with Gasteiger partial charge in [0, 0.05) is 9.86 Å². The molecule has 0 fully saturated rings. The van der Waals surface area contributed by atoms with E-state index in [-0.39, 0.29) is 0 Å². The molecular weight excluding hydrogens is 204 g/mol. The number of rotatable bonds is 0. The fourth-order valence-electron chi connectivity index (χ4n) is 1.06. The molecule has 1 aromatic carbocycles. The number of furan rings is 1. The van der Waals surface area contributed by atoms with Crippen LogP contribution in [0.4, 0.5) is 0 Å². The highest BCUT2D eigenvalue weighted by Gasteiger charge is 2.00. The zero-order chi connectivity index (χ0) is 7.84. The van der Waals surface area contributed by atoms with Crippen LogP contribution >= 0.6 is 15.9 Å². The van der Waals surface area contributed by atoms with E-state index in [1.165, 1.54) is 0 Å². The van der Waals surface area contributed by atoms with Crippen LogP contribution in [0.15, 0.2) is 33.4 Å². The van der Waals surface area contributed by atoms with Gasteiger partial charge in [0.15, 0.2) is 0 Å². The lowest BCUT2D eigenvalue weighted by Gasteiger charge is -1.89. The van der Waals surface area contributed by atoms with E-state index in [4.69, 9.17) is 4.42 Å². The largest absolute Gasteiger partial charge is 0.464 e. The fourth-order valence-corrected chi connectivity index (χ4v) is 1.40. The van der Waals surface area contributed by atoms with E-state index in [2.05, 4.69) is 22.9 Å². The van der Waals surface area contributed by atoms with Crippen molar-refractivity contribution in [3.63, 3.8) is 0 Å². The predicted octanol–water partition coefficient (Wildman–Crippen LogP) is 3.38. The molecule has 2 aromatic rings. The van der Waals surface area contributed by atoms with Crippen molar-refractivity contribution in [2.24, 2.45) is 0 Å². The third-order valence-electron chi connectivity index (χ3n) is 1.62. The molecule has 0 aliphatic carbocycles. The zero-order valence-corrected chi connectivity index (χ0v) is 7.39. The molecule has 0 unspecified atom stereocenters. The molecule has 2 rings (SSSR count). The van der Waals surface area contributed by atoms with Crippen molar-refractivity contribution in [2.75, 3.05) is 0 Å². The Morgan fingerprint density at radius 3 is 3.00 bits per heavy atom. The Bertz CT molecular complexity index is 389. The third-order valence-corrected chi connectivity index (χ3v) is 2.11. The van der Waals surface area contributed by atoms with E-state index in [0.717, 1.165) is 21.0 Å². The van der Waals surface area contributed by atoms with Crippen LogP contribution in [0.2, 0.25) is 0 Å². The first-order valence-corrected chi connectivity index (χ1v) is 4.05. The van der Waals surface area contributed by atoms with E-state index in [9.17, 15) is 0 Å². The molecule has 1 heterocycles. The van der Waals surface area contributed by atoms with E-state index < -0.39 is 0 Å². The van der Waals surface area contributed by atoms with Crippen LogP contribution < -0.4 is 0 Å². The van der Waals surface area contributed by atoms with Crippen molar-refractivity contribution in [1.82, 2.24) is 0 Å². The second-order valence-electron chi connectivity index (χ2n) is 2.40. The van der Waals surface area contributed by atoms with Crippen molar-refractivity contribution in [3.8, 4) is 0 Å². The summed E-state index contributed by atoms with van der Waals surface area (Å²) >= 11 is 3.36. The van der Waals surface area contributed by atoms with Gasteiger partial charge in [-0.25, -0.2) is 0 Å². The Balaban J connectivity index is 2.86. The smallest absolute Gasteiger partial charge is 0.135 e. The molecule has 0 bridgehead atoms. The topological polar surface area (TPSA) is 13.1 Å². The number of fused-ring (bicyclic) bond motifs is 1. The Morgan fingerprint density at radius 1 is 1.36 bits per heavy atom. The highest BCUT2D eigenvalue weighted by atomic mass is 79.9. The number of hydrogen-bond acceptors (Lipinski definition) is 1. The first kappa shape index (κ1) is 6.92. The molecule has 0 amide bonds. The van der Waals surface area contributed by atoms with E-state index >= 15 is 0 Å². The molecular formula is C9H6BrO. The van der Waals surface area contributed by atoms with Gasteiger partial charge >= 0.3 is 0 Å². The van der Waals surface area contributed by atoms with Gasteiger partial charge in [0.2, 0.25) is 0 Å². The molecule has 0 spiro atoms. The standard InChI is InChI=1S/C9H6BrO/c1-6-5-11-9-4-7(10)2-3-8(6)9/h2-5H,1H2. The number of hydrogen-bond donors (Lipinski definition) is 0. The van der Waals surface area contributed by atoms with Crippen LogP contribution in [-0.2, 0) is 0 Å². The van der Waals surface area contributed by atoms with Crippen LogP contribution in [0.3, 0.4) is 0 Å². The molecule has 1 aromatic heterocycles. The average Bonchev–Trinajstić information content (AvgIpc) is 2.32. The van der Waals surface area contributed by atoms with Gasteiger partial charge in [-0.1, -0.05) is 15.9 Å². The SMILES string of the molecule is [CH2]c1coc2cc(Br)ccc12. The minimum absolute atomic E-state index is 0.879.